The Balaban J connectivity index is 2.21. The molecule has 2 aliphatic rings. The molecule has 0 unspecified atom stereocenters. The summed E-state index contributed by atoms with van der Waals surface area (Å²) in [4.78, 5) is 1.44. The van der Waals surface area contributed by atoms with Gasteiger partial charge in [-0.05, 0) is 0 Å². The van der Waals surface area contributed by atoms with Crippen molar-refractivity contribution in [3.63, 3.8) is 0 Å². The lowest BCUT2D eigenvalue weighted by atomic mass is 9.75. The summed E-state index contributed by atoms with van der Waals surface area (Å²) in [5.74, 6) is -1.19. The lowest BCUT2D eigenvalue weighted by Crippen LogP contribution is -2.72. The molecule has 9 nitrogen and oxygen atoms in total. The van der Waals surface area contributed by atoms with Gasteiger partial charge in [0.1, 0.15) is 18.3 Å². The van der Waals surface area contributed by atoms with E-state index in [0.717, 1.165) is 0 Å². The van der Waals surface area contributed by atoms with Crippen molar-refractivity contribution in [3.8, 4) is 0 Å². The number of piperidine rings is 2. The predicted octanol–water partition coefficient (Wildman–Crippen LogP) is -5.18. The molecule has 2 fully saturated rings. The first-order valence-corrected chi connectivity index (χ1v) is 6.91. The number of hydrogen-bond acceptors (Lipinski definition) is 9. The average molecular weight is 309 g/mol. The van der Waals surface area contributed by atoms with Crippen LogP contribution in [-0.2, 0) is 0 Å². The first-order chi connectivity index (χ1) is 9.79. The molecule has 9 heteroatoms. The van der Waals surface area contributed by atoms with Crippen LogP contribution >= 0.6 is 0 Å². The van der Waals surface area contributed by atoms with Crippen LogP contribution in [0.3, 0.4) is 0 Å². The SMILES string of the molecule is OC[C@@H](O)[C@H](O)[C@@H]1[C@@H](O)[C@@H]2[C@H](O)[C@@H](O)[C@H](O)CN2C[C@@H]1O. The molecule has 124 valence electrons. The van der Waals surface area contributed by atoms with Gasteiger partial charge in [-0.3, -0.25) is 4.90 Å². The molecule has 0 saturated carbocycles. The highest BCUT2D eigenvalue weighted by Gasteiger charge is 2.53. The van der Waals surface area contributed by atoms with Crippen molar-refractivity contribution in [2.45, 2.75) is 48.8 Å². The van der Waals surface area contributed by atoms with Gasteiger partial charge in [0.2, 0.25) is 0 Å². The third-order valence-electron chi connectivity index (χ3n) is 4.52. The fourth-order valence-electron chi connectivity index (χ4n) is 3.34. The van der Waals surface area contributed by atoms with Gasteiger partial charge in [0, 0.05) is 19.0 Å². The second-order valence-corrected chi connectivity index (χ2v) is 5.87. The minimum absolute atomic E-state index is 0.0393. The van der Waals surface area contributed by atoms with Crippen LogP contribution < -0.4 is 0 Å². The van der Waals surface area contributed by atoms with E-state index in [4.69, 9.17) is 5.11 Å². The first-order valence-electron chi connectivity index (χ1n) is 6.91. The molecule has 2 heterocycles. The van der Waals surface area contributed by atoms with Crippen molar-refractivity contribution in [1.82, 2.24) is 4.90 Å². The van der Waals surface area contributed by atoms with Crippen LogP contribution in [0.2, 0.25) is 0 Å². The van der Waals surface area contributed by atoms with Crippen LogP contribution in [0.1, 0.15) is 0 Å². The van der Waals surface area contributed by atoms with Gasteiger partial charge in [0.25, 0.3) is 0 Å². The molecule has 0 aromatic rings. The normalized spacial score (nSPS) is 47.7. The number of aliphatic hydroxyl groups excluding tert-OH is 8. The first kappa shape index (κ1) is 17.0. The zero-order valence-corrected chi connectivity index (χ0v) is 11.3. The Labute approximate surface area is 121 Å². The van der Waals surface area contributed by atoms with E-state index in [1.165, 1.54) is 4.90 Å². The maximum absolute atomic E-state index is 10.3. The molecule has 8 N–H and O–H groups in total. The van der Waals surface area contributed by atoms with E-state index in [2.05, 4.69) is 0 Å². The van der Waals surface area contributed by atoms with E-state index >= 15 is 0 Å². The molecule has 2 saturated heterocycles. The van der Waals surface area contributed by atoms with Crippen LogP contribution in [0.5, 0.6) is 0 Å². The molecule has 2 aliphatic heterocycles. The largest absolute Gasteiger partial charge is 0.394 e. The second-order valence-electron chi connectivity index (χ2n) is 5.87. The van der Waals surface area contributed by atoms with E-state index in [0.29, 0.717) is 0 Å². The van der Waals surface area contributed by atoms with Gasteiger partial charge in [-0.2, -0.15) is 0 Å². The Morgan fingerprint density at radius 1 is 0.857 bits per heavy atom. The fourth-order valence-corrected chi connectivity index (χ4v) is 3.34. The van der Waals surface area contributed by atoms with Crippen molar-refractivity contribution in [1.29, 1.82) is 0 Å². The summed E-state index contributed by atoms with van der Waals surface area (Å²) >= 11 is 0. The predicted molar refractivity (Wildman–Crippen MR) is 68.0 cm³/mol. The van der Waals surface area contributed by atoms with E-state index < -0.39 is 61.3 Å². The molecule has 0 aromatic carbocycles. The Morgan fingerprint density at radius 2 is 1.43 bits per heavy atom. The molecular weight excluding hydrogens is 286 g/mol. The monoisotopic (exact) mass is 309 g/mol. The molecular formula is C12H23NO8. The number of fused-ring (bicyclic) bond motifs is 1. The van der Waals surface area contributed by atoms with E-state index in [1.54, 1.807) is 0 Å². The summed E-state index contributed by atoms with van der Waals surface area (Å²) in [5, 5.41) is 78.0. The van der Waals surface area contributed by atoms with E-state index in [9.17, 15) is 35.7 Å². The Morgan fingerprint density at radius 3 is 2.00 bits per heavy atom. The number of nitrogens with zero attached hydrogens (tertiary/aromatic N) is 1. The minimum atomic E-state index is -1.58. The molecule has 0 spiro atoms. The van der Waals surface area contributed by atoms with Gasteiger partial charge >= 0.3 is 0 Å². The molecule has 0 bridgehead atoms. The summed E-state index contributed by atoms with van der Waals surface area (Å²) in [6.45, 7) is -0.833. The van der Waals surface area contributed by atoms with Crippen molar-refractivity contribution in [2.24, 2.45) is 5.92 Å². The molecule has 0 radical (unpaired) electrons. The summed E-state index contributed by atoms with van der Waals surface area (Å²) < 4.78 is 0. The van der Waals surface area contributed by atoms with Crippen molar-refractivity contribution in [2.75, 3.05) is 19.7 Å². The fraction of sp³-hybridized carbons (Fsp3) is 1.00. The highest BCUT2D eigenvalue weighted by atomic mass is 16.4. The van der Waals surface area contributed by atoms with Gasteiger partial charge < -0.3 is 40.9 Å². The zero-order valence-electron chi connectivity index (χ0n) is 11.3. The second kappa shape index (κ2) is 6.41. The molecule has 21 heavy (non-hydrogen) atoms. The summed E-state index contributed by atoms with van der Waals surface area (Å²) in [6, 6.07) is -0.989. The third-order valence-corrected chi connectivity index (χ3v) is 4.52. The summed E-state index contributed by atoms with van der Waals surface area (Å²) in [5.41, 5.74) is 0. The smallest absolute Gasteiger partial charge is 0.109 e. The Bertz CT molecular complexity index is 352. The van der Waals surface area contributed by atoms with Crippen LogP contribution in [-0.4, -0.2) is 114 Å². The van der Waals surface area contributed by atoms with Crippen LogP contribution in [0.15, 0.2) is 0 Å². The summed E-state index contributed by atoms with van der Waals surface area (Å²) in [6.07, 6.45) is -9.90. The number of rotatable bonds is 3. The van der Waals surface area contributed by atoms with Crippen LogP contribution in [0.4, 0.5) is 0 Å². The molecule has 0 amide bonds. The van der Waals surface area contributed by atoms with Crippen molar-refractivity contribution in [3.05, 3.63) is 0 Å². The maximum atomic E-state index is 10.3. The topological polar surface area (TPSA) is 165 Å². The number of hydrogen-bond donors (Lipinski definition) is 8. The lowest BCUT2D eigenvalue weighted by molar-refractivity contribution is -0.218. The minimum Gasteiger partial charge on any atom is -0.394 e. The lowest BCUT2D eigenvalue weighted by Gasteiger charge is -2.53. The van der Waals surface area contributed by atoms with Crippen molar-refractivity contribution < 1.29 is 40.9 Å². The highest BCUT2D eigenvalue weighted by molar-refractivity contribution is 5.06. The molecule has 2 rings (SSSR count). The Hall–Kier alpha value is -0.360. The number of aliphatic hydroxyl groups is 8. The highest BCUT2D eigenvalue weighted by Crippen LogP contribution is 2.33. The molecule has 9 atom stereocenters. The van der Waals surface area contributed by atoms with Gasteiger partial charge in [0.15, 0.2) is 0 Å². The maximum Gasteiger partial charge on any atom is 0.109 e. The average Bonchev–Trinajstić information content (AvgIpc) is 2.43. The Kier molecular flexibility index (Phi) is 5.19. The van der Waals surface area contributed by atoms with Crippen LogP contribution in [0, 0.1) is 5.92 Å². The van der Waals surface area contributed by atoms with Gasteiger partial charge in [-0.25, -0.2) is 0 Å². The summed E-state index contributed by atoms with van der Waals surface area (Å²) in [7, 11) is 0. The van der Waals surface area contributed by atoms with Gasteiger partial charge in [0.05, 0.1) is 37.1 Å². The molecule has 0 aliphatic carbocycles. The van der Waals surface area contributed by atoms with Gasteiger partial charge in [-0.15, -0.1) is 0 Å². The van der Waals surface area contributed by atoms with Crippen molar-refractivity contribution >= 4 is 0 Å². The van der Waals surface area contributed by atoms with Gasteiger partial charge in [-0.1, -0.05) is 0 Å². The van der Waals surface area contributed by atoms with E-state index in [1.807, 2.05) is 0 Å². The third kappa shape index (κ3) is 2.93. The zero-order chi connectivity index (χ0) is 15.9. The standard InChI is InChI=1S/C12H23NO8/c14-3-6(17)9(18)7-4(15)1-13-2-5(16)10(19)12(21)8(13)11(7)20/h4-12,14-21H,1-3H2/t4-,5+,6+,7+,8+,9-,10-,11+,12-/m0/s1. The van der Waals surface area contributed by atoms with E-state index in [-0.39, 0.29) is 13.1 Å². The van der Waals surface area contributed by atoms with Crippen LogP contribution in [0.25, 0.3) is 0 Å². The molecule has 0 aromatic heterocycles. The quantitative estimate of drug-likeness (QED) is 0.254.